The molecule has 1 aliphatic heterocycles. The van der Waals surface area contributed by atoms with E-state index < -0.39 is 18.8 Å². The number of ether oxygens (including phenoxy) is 2. The fraction of sp³-hybridized carbons (Fsp3) is 0.375. The van der Waals surface area contributed by atoms with E-state index in [-0.39, 0.29) is 24.3 Å². The first kappa shape index (κ1) is 28.0. The lowest BCUT2D eigenvalue weighted by Crippen LogP contribution is -2.26. The number of phenols is 1. The molecule has 1 atom stereocenters. The summed E-state index contributed by atoms with van der Waals surface area (Å²) in [6.07, 6.45) is 0.874. The van der Waals surface area contributed by atoms with Crippen molar-refractivity contribution >= 4 is 11.1 Å². The van der Waals surface area contributed by atoms with Crippen LogP contribution in [0, 0.1) is 5.82 Å². The number of aromatic hydroxyl groups is 1. The van der Waals surface area contributed by atoms with E-state index >= 15 is 4.39 Å². The Hall–Kier alpha value is -3.52. The zero-order chi connectivity index (χ0) is 28.1. The molecule has 0 radical (unpaired) electrons. The van der Waals surface area contributed by atoms with Crippen LogP contribution in [0.25, 0.3) is 11.1 Å². The summed E-state index contributed by atoms with van der Waals surface area (Å²) in [5, 5.41) is 10.1. The van der Waals surface area contributed by atoms with Crippen LogP contribution >= 0.6 is 0 Å². The summed E-state index contributed by atoms with van der Waals surface area (Å²) in [5.74, 6) is 0.419. The second kappa shape index (κ2) is 12.8. The second-order valence-corrected chi connectivity index (χ2v) is 10.3. The lowest BCUT2D eigenvalue weighted by atomic mass is 9.87. The Kier molecular flexibility index (Phi) is 8.94. The summed E-state index contributed by atoms with van der Waals surface area (Å²) in [6, 6.07) is 17.2. The van der Waals surface area contributed by atoms with Gasteiger partial charge in [0.1, 0.15) is 35.8 Å². The average molecular weight is 556 g/mol. The largest absolute Gasteiger partial charge is 0.508 e. The monoisotopic (exact) mass is 555 g/mol. The first-order valence-electron chi connectivity index (χ1n) is 13.7. The molecular formula is C32H33F4NO3. The first-order chi connectivity index (χ1) is 19.4. The van der Waals surface area contributed by atoms with Gasteiger partial charge in [0.05, 0.1) is 6.67 Å². The number of likely N-dealkylation sites (tertiary alicyclic amines) is 1. The molecule has 0 unspecified atom stereocenters. The van der Waals surface area contributed by atoms with Crippen LogP contribution in [-0.2, 0) is 6.42 Å². The van der Waals surface area contributed by atoms with E-state index in [9.17, 15) is 18.3 Å². The van der Waals surface area contributed by atoms with Gasteiger partial charge in [0.15, 0.2) is 0 Å². The number of nitrogens with zero attached hydrogens (tertiary/aromatic N) is 1. The molecule has 8 heteroatoms. The molecule has 0 spiro atoms. The first-order valence-corrected chi connectivity index (χ1v) is 13.7. The van der Waals surface area contributed by atoms with Gasteiger partial charge in [0.25, 0.3) is 6.43 Å². The zero-order valence-corrected chi connectivity index (χ0v) is 22.2. The normalized spacial score (nSPS) is 17.7. The third kappa shape index (κ3) is 6.61. The smallest absolute Gasteiger partial charge is 0.272 e. The molecule has 4 nitrogen and oxygen atoms in total. The summed E-state index contributed by atoms with van der Waals surface area (Å²) in [4.78, 5) is 2.21. The van der Waals surface area contributed by atoms with E-state index in [0.29, 0.717) is 18.4 Å². The Balaban J connectivity index is 1.47. The third-order valence-corrected chi connectivity index (χ3v) is 7.46. The van der Waals surface area contributed by atoms with Crippen LogP contribution in [0.5, 0.6) is 17.2 Å². The summed E-state index contributed by atoms with van der Waals surface area (Å²) in [6.45, 7) is 1.28. The summed E-state index contributed by atoms with van der Waals surface area (Å²) < 4.78 is 64.4. The highest BCUT2D eigenvalue weighted by atomic mass is 19.3. The van der Waals surface area contributed by atoms with Gasteiger partial charge in [-0.2, -0.15) is 0 Å². The maximum atomic E-state index is 15.4. The van der Waals surface area contributed by atoms with Crippen LogP contribution in [0.2, 0.25) is 0 Å². The van der Waals surface area contributed by atoms with Crippen LogP contribution in [0.3, 0.4) is 0 Å². The highest BCUT2D eigenvalue weighted by Crippen LogP contribution is 2.42. The van der Waals surface area contributed by atoms with Crippen molar-refractivity contribution in [2.24, 2.45) is 0 Å². The Morgan fingerprint density at radius 2 is 1.73 bits per heavy atom. The van der Waals surface area contributed by atoms with Gasteiger partial charge in [-0.3, -0.25) is 9.29 Å². The molecule has 1 aliphatic carbocycles. The molecule has 3 aromatic rings. The Labute approximate surface area is 231 Å². The topological polar surface area (TPSA) is 41.9 Å². The SMILES string of the molecule is Oc1ccc2c(c1)CCCC(c1ccc(OCC(F)F)cc1F)=C2c1ccc(O[C@H]2CCN(CCCF)C2)cc1. The third-order valence-electron chi connectivity index (χ3n) is 7.46. The van der Waals surface area contributed by atoms with Gasteiger partial charge in [0, 0.05) is 31.3 Å². The van der Waals surface area contributed by atoms with E-state index in [1.165, 1.54) is 6.07 Å². The average Bonchev–Trinajstić information content (AvgIpc) is 3.30. The minimum atomic E-state index is -2.65. The Morgan fingerprint density at radius 1 is 0.950 bits per heavy atom. The van der Waals surface area contributed by atoms with Crippen molar-refractivity contribution < 1.29 is 32.1 Å². The molecule has 40 heavy (non-hydrogen) atoms. The van der Waals surface area contributed by atoms with Crippen molar-refractivity contribution in [2.45, 2.75) is 44.6 Å². The number of benzene rings is 3. The number of alkyl halides is 3. The molecule has 5 rings (SSSR count). The molecule has 212 valence electrons. The van der Waals surface area contributed by atoms with Gasteiger partial charge >= 0.3 is 0 Å². The van der Waals surface area contributed by atoms with Crippen molar-refractivity contribution in [1.29, 1.82) is 0 Å². The van der Waals surface area contributed by atoms with E-state index in [0.717, 1.165) is 78.5 Å². The minimum absolute atomic E-state index is 0.0433. The fourth-order valence-electron chi connectivity index (χ4n) is 5.64. The molecule has 2 aliphatic rings. The van der Waals surface area contributed by atoms with Crippen LogP contribution in [0.1, 0.15) is 47.9 Å². The molecule has 1 saturated heterocycles. The molecule has 0 saturated carbocycles. The minimum Gasteiger partial charge on any atom is -0.508 e. The molecule has 0 aromatic heterocycles. The van der Waals surface area contributed by atoms with Crippen molar-refractivity contribution in [3.63, 3.8) is 0 Å². The van der Waals surface area contributed by atoms with E-state index in [2.05, 4.69) is 4.90 Å². The van der Waals surface area contributed by atoms with E-state index in [4.69, 9.17) is 9.47 Å². The van der Waals surface area contributed by atoms with Gasteiger partial charge in [0.2, 0.25) is 0 Å². The highest BCUT2D eigenvalue weighted by Gasteiger charge is 2.25. The van der Waals surface area contributed by atoms with E-state index in [1.54, 1.807) is 18.2 Å². The zero-order valence-electron chi connectivity index (χ0n) is 22.2. The quantitative estimate of drug-likeness (QED) is 0.267. The fourth-order valence-corrected chi connectivity index (χ4v) is 5.64. The lowest BCUT2D eigenvalue weighted by molar-refractivity contribution is 0.0817. The summed E-state index contributed by atoms with van der Waals surface area (Å²) >= 11 is 0. The number of rotatable bonds is 10. The van der Waals surface area contributed by atoms with Crippen molar-refractivity contribution in [2.75, 3.05) is 32.9 Å². The number of halogens is 4. The molecule has 0 bridgehead atoms. The molecule has 3 aromatic carbocycles. The van der Waals surface area contributed by atoms with Crippen molar-refractivity contribution in [3.8, 4) is 17.2 Å². The Bertz CT molecular complexity index is 1340. The molecule has 1 heterocycles. The maximum absolute atomic E-state index is 15.4. The number of hydrogen-bond acceptors (Lipinski definition) is 4. The predicted octanol–water partition coefficient (Wildman–Crippen LogP) is 7.28. The lowest BCUT2D eigenvalue weighted by Gasteiger charge is -2.19. The predicted molar refractivity (Wildman–Crippen MR) is 147 cm³/mol. The van der Waals surface area contributed by atoms with Gasteiger partial charge < -0.3 is 14.6 Å². The maximum Gasteiger partial charge on any atom is 0.272 e. The Morgan fingerprint density at radius 3 is 2.48 bits per heavy atom. The molecule has 1 N–H and O–H groups in total. The van der Waals surface area contributed by atoms with Crippen molar-refractivity contribution in [3.05, 3.63) is 88.7 Å². The summed E-state index contributed by atoms with van der Waals surface area (Å²) in [5.41, 5.74) is 4.81. The molecular weight excluding hydrogens is 522 g/mol. The van der Waals surface area contributed by atoms with Crippen molar-refractivity contribution in [1.82, 2.24) is 4.90 Å². The van der Waals surface area contributed by atoms with Crippen LogP contribution in [-0.4, -0.2) is 55.5 Å². The van der Waals surface area contributed by atoms with Gasteiger partial charge in [-0.15, -0.1) is 0 Å². The van der Waals surface area contributed by atoms with Crippen LogP contribution in [0.15, 0.2) is 60.7 Å². The second-order valence-electron chi connectivity index (χ2n) is 10.3. The van der Waals surface area contributed by atoms with Crippen LogP contribution < -0.4 is 9.47 Å². The molecule has 1 fully saturated rings. The van der Waals surface area contributed by atoms with Gasteiger partial charge in [-0.25, -0.2) is 13.2 Å². The number of phenolic OH excluding ortho intramolecular Hbond substituents is 1. The van der Waals surface area contributed by atoms with Gasteiger partial charge in [-0.05, 0) is 96.3 Å². The number of fused-ring (bicyclic) bond motifs is 1. The van der Waals surface area contributed by atoms with E-state index in [1.807, 2.05) is 30.3 Å². The van der Waals surface area contributed by atoms with Gasteiger partial charge in [-0.1, -0.05) is 18.2 Å². The number of hydrogen-bond donors (Lipinski definition) is 1. The number of aryl methyl sites for hydroxylation is 1. The summed E-state index contributed by atoms with van der Waals surface area (Å²) in [7, 11) is 0. The standard InChI is InChI=1S/C32H33F4NO3/c33-14-2-15-37-16-13-26(19-37)40-24-8-5-21(6-9-24)32-27-11-7-23(38)17-22(27)3-1-4-29(32)28-12-10-25(18-30(28)34)39-20-31(35)36/h5-12,17-18,26,31,38H,1-4,13-16,19-20H2/t26-/m0/s1. The number of allylic oxidation sites excluding steroid dienone is 1. The highest BCUT2D eigenvalue weighted by molar-refractivity contribution is 6.00. The van der Waals surface area contributed by atoms with Crippen LogP contribution in [0.4, 0.5) is 17.6 Å². The molecule has 0 amide bonds.